The van der Waals surface area contributed by atoms with E-state index in [9.17, 15) is 16.8 Å². The van der Waals surface area contributed by atoms with Crippen LogP contribution in [0.3, 0.4) is 0 Å². The van der Waals surface area contributed by atoms with Gasteiger partial charge < -0.3 is 0 Å². The minimum Gasteiger partial charge on any atom is -0.231 e. The fourth-order valence-electron chi connectivity index (χ4n) is 0.938. The summed E-state index contributed by atoms with van der Waals surface area (Å²) in [5.41, 5.74) is 0.934. The van der Waals surface area contributed by atoms with Gasteiger partial charge in [-0.05, 0) is 19.1 Å². The van der Waals surface area contributed by atoms with Gasteiger partial charge in [0.05, 0.1) is 4.90 Å². The van der Waals surface area contributed by atoms with Gasteiger partial charge in [0, 0.05) is 0 Å². The van der Waals surface area contributed by atoms with E-state index in [1.165, 1.54) is 12.1 Å². The SMILES string of the molecule is Cc1ccc(S(=O)(=O)NC[SH](=O)=O)cc1. The summed E-state index contributed by atoms with van der Waals surface area (Å²) in [6, 6.07) is 6.14. The molecule has 0 atom stereocenters. The summed E-state index contributed by atoms with van der Waals surface area (Å²) in [5, 5.41) is 0. The third kappa shape index (κ3) is 3.61. The molecule has 15 heavy (non-hydrogen) atoms. The van der Waals surface area contributed by atoms with Gasteiger partial charge in [-0.2, -0.15) is 4.72 Å². The Kier molecular flexibility index (Phi) is 3.83. The molecule has 1 aromatic rings. The molecule has 0 bridgehead atoms. The van der Waals surface area contributed by atoms with Crippen LogP contribution in [0.4, 0.5) is 0 Å². The van der Waals surface area contributed by atoms with Gasteiger partial charge in [0.15, 0.2) is 10.7 Å². The zero-order valence-electron chi connectivity index (χ0n) is 8.00. The molecule has 0 unspecified atom stereocenters. The van der Waals surface area contributed by atoms with E-state index >= 15 is 0 Å². The molecule has 84 valence electrons. The zero-order chi connectivity index (χ0) is 11.5. The topological polar surface area (TPSA) is 80.3 Å². The lowest BCUT2D eigenvalue weighted by Crippen LogP contribution is -2.25. The van der Waals surface area contributed by atoms with Crippen molar-refractivity contribution in [1.29, 1.82) is 0 Å². The third-order valence-corrected chi connectivity index (χ3v) is 3.76. The van der Waals surface area contributed by atoms with E-state index in [0.717, 1.165) is 5.56 Å². The maximum atomic E-state index is 11.5. The Labute approximate surface area is 90.1 Å². The maximum absolute atomic E-state index is 11.5. The zero-order valence-corrected chi connectivity index (χ0v) is 9.72. The van der Waals surface area contributed by atoms with E-state index in [0.29, 0.717) is 0 Å². The molecule has 1 aromatic carbocycles. The van der Waals surface area contributed by atoms with Crippen molar-refractivity contribution in [3.63, 3.8) is 0 Å². The lowest BCUT2D eigenvalue weighted by atomic mass is 10.2. The monoisotopic (exact) mass is 249 g/mol. The normalized spacial score (nSPS) is 11.9. The number of sulfonamides is 1. The van der Waals surface area contributed by atoms with Crippen LogP contribution in [0, 0.1) is 6.92 Å². The van der Waals surface area contributed by atoms with Gasteiger partial charge in [-0.15, -0.1) is 0 Å². The number of thiol groups is 1. The van der Waals surface area contributed by atoms with Crippen LogP contribution in [0.25, 0.3) is 0 Å². The summed E-state index contributed by atoms with van der Waals surface area (Å²) in [6.07, 6.45) is 0. The van der Waals surface area contributed by atoms with E-state index < -0.39 is 26.6 Å². The van der Waals surface area contributed by atoms with Crippen molar-refractivity contribution in [2.75, 3.05) is 5.88 Å². The molecule has 7 heteroatoms. The molecule has 0 aliphatic carbocycles. The van der Waals surface area contributed by atoms with E-state index in [1.807, 2.05) is 11.6 Å². The first-order valence-electron chi connectivity index (χ1n) is 4.10. The highest BCUT2D eigenvalue weighted by Gasteiger charge is 2.12. The second-order valence-electron chi connectivity index (χ2n) is 2.95. The van der Waals surface area contributed by atoms with Crippen LogP contribution in [0.1, 0.15) is 5.56 Å². The molecule has 0 saturated carbocycles. The average Bonchev–Trinajstić information content (AvgIpc) is 2.16. The number of hydrogen-bond donors (Lipinski definition) is 2. The smallest absolute Gasteiger partial charge is 0.231 e. The van der Waals surface area contributed by atoms with Crippen LogP contribution in [0.5, 0.6) is 0 Å². The summed E-state index contributed by atoms with van der Waals surface area (Å²) < 4.78 is 45.4. The minimum atomic E-state index is -3.71. The number of rotatable bonds is 4. The summed E-state index contributed by atoms with van der Waals surface area (Å²) in [6.45, 7) is 1.83. The number of aryl methyl sites for hydroxylation is 1. The third-order valence-electron chi connectivity index (χ3n) is 1.71. The van der Waals surface area contributed by atoms with Crippen molar-refractivity contribution in [3.05, 3.63) is 29.8 Å². The molecule has 1 N–H and O–H groups in total. The molecule has 1 rings (SSSR count). The summed E-state index contributed by atoms with van der Waals surface area (Å²) >= 11 is 0. The molecule has 0 radical (unpaired) electrons. The first-order chi connectivity index (χ1) is 6.92. The van der Waals surface area contributed by atoms with Gasteiger partial charge >= 0.3 is 0 Å². The lowest BCUT2D eigenvalue weighted by Gasteiger charge is -2.03. The Hall–Kier alpha value is -0.920. The van der Waals surface area contributed by atoms with Gasteiger partial charge in [0.25, 0.3) is 0 Å². The Morgan fingerprint density at radius 3 is 2.20 bits per heavy atom. The summed E-state index contributed by atoms with van der Waals surface area (Å²) in [5.74, 6) is -0.578. The van der Waals surface area contributed by atoms with Crippen LogP contribution in [-0.2, 0) is 20.7 Å². The first kappa shape index (κ1) is 12.2. The predicted molar refractivity (Wildman–Crippen MR) is 56.7 cm³/mol. The largest absolute Gasteiger partial charge is 0.241 e. The van der Waals surface area contributed by atoms with Crippen molar-refractivity contribution in [2.45, 2.75) is 11.8 Å². The van der Waals surface area contributed by atoms with E-state index in [2.05, 4.69) is 0 Å². The molecule has 0 heterocycles. The Morgan fingerprint density at radius 2 is 1.73 bits per heavy atom. The Morgan fingerprint density at radius 1 is 1.20 bits per heavy atom. The second kappa shape index (κ2) is 4.73. The van der Waals surface area contributed by atoms with Crippen molar-refractivity contribution in [1.82, 2.24) is 4.72 Å². The first-order valence-corrected chi connectivity index (χ1v) is 6.94. The van der Waals surface area contributed by atoms with Gasteiger partial charge in [-0.25, -0.2) is 16.8 Å². The van der Waals surface area contributed by atoms with Gasteiger partial charge in [-0.1, -0.05) is 17.7 Å². The minimum absolute atomic E-state index is 0.0601. The van der Waals surface area contributed by atoms with Crippen molar-refractivity contribution >= 4 is 20.7 Å². The van der Waals surface area contributed by atoms with Crippen molar-refractivity contribution in [3.8, 4) is 0 Å². The summed E-state index contributed by atoms with van der Waals surface area (Å²) in [4.78, 5) is 0.0601. The van der Waals surface area contributed by atoms with Crippen molar-refractivity contribution in [2.24, 2.45) is 0 Å². The molecule has 0 saturated heterocycles. The highest BCUT2D eigenvalue weighted by Crippen LogP contribution is 2.09. The lowest BCUT2D eigenvalue weighted by molar-refractivity contribution is 0.581. The van der Waals surface area contributed by atoms with Crippen LogP contribution >= 0.6 is 0 Å². The van der Waals surface area contributed by atoms with Crippen LogP contribution in [-0.4, -0.2) is 22.7 Å². The quantitative estimate of drug-likeness (QED) is 0.727. The fraction of sp³-hybridized carbons (Fsp3) is 0.250. The molecule has 0 fully saturated rings. The highest BCUT2D eigenvalue weighted by atomic mass is 32.2. The molecular formula is C8H11NO4S2. The number of benzene rings is 1. The molecule has 0 spiro atoms. The molecule has 5 nitrogen and oxygen atoms in total. The average molecular weight is 249 g/mol. The molecule has 0 aliphatic rings. The maximum Gasteiger partial charge on any atom is 0.241 e. The second-order valence-corrected chi connectivity index (χ2v) is 5.70. The highest BCUT2D eigenvalue weighted by molar-refractivity contribution is 7.90. The molecule has 0 amide bonds. The number of nitrogens with one attached hydrogen (secondary N) is 1. The number of hydrogen-bond acceptors (Lipinski definition) is 4. The van der Waals surface area contributed by atoms with Gasteiger partial charge in [-0.3, -0.25) is 0 Å². The van der Waals surface area contributed by atoms with Crippen LogP contribution < -0.4 is 4.72 Å². The molecular weight excluding hydrogens is 238 g/mol. The molecule has 0 aromatic heterocycles. The molecule has 0 aliphatic heterocycles. The fourth-order valence-corrected chi connectivity index (χ4v) is 2.70. The predicted octanol–water partition coefficient (Wildman–Crippen LogP) is -0.158. The van der Waals surface area contributed by atoms with Gasteiger partial charge in [0.2, 0.25) is 10.0 Å². The Bertz CT molecular complexity index is 494. The summed E-state index contributed by atoms with van der Waals surface area (Å²) in [7, 11) is -6.46. The Balaban J connectivity index is 2.91. The van der Waals surface area contributed by atoms with Gasteiger partial charge in [0.1, 0.15) is 5.88 Å². The van der Waals surface area contributed by atoms with Crippen LogP contribution in [0.2, 0.25) is 0 Å². The van der Waals surface area contributed by atoms with Crippen LogP contribution in [0.15, 0.2) is 29.2 Å². The van der Waals surface area contributed by atoms with E-state index in [-0.39, 0.29) is 4.90 Å². The van der Waals surface area contributed by atoms with Crippen molar-refractivity contribution < 1.29 is 16.8 Å². The standard InChI is InChI=1S/C8H11NO4S2/c1-7-2-4-8(5-3-7)15(12,13)9-6-14(10)11/h2-5,9,14H,6H2,1H3. The van der Waals surface area contributed by atoms with E-state index in [1.54, 1.807) is 12.1 Å². The van der Waals surface area contributed by atoms with E-state index in [4.69, 9.17) is 0 Å².